The van der Waals surface area contributed by atoms with Crippen molar-refractivity contribution in [1.82, 2.24) is 0 Å². The molecular weight excluding hydrogens is 332 g/mol. The average Bonchev–Trinajstić information content (AvgIpc) is 2.62. The van der Waals surface area contributed by atoms with Crippen molar-refractivity contribution in [3.8, 4) is 0 Å². The van der Waals surface area contributed by atoms with Crippen LogP contribution < -0.4 is 0 Å². The quantitative estimate of drug-likeness (QED) is 0.331. The zero-order valence-corrected chi connectivity index (χ0v) is 18.9. The van der Waals surface area contributed by atoms with Crippen LogP contribution in [-0.2, 0) is 4.43 Å². The summed E-state index contributed by atoms with van der Waals surface area (Å²) in [5.74, 6) is 0.618. The van der Waals surface area contributed by atoms with E-state index < -0.39 is 8.32 Å². The van der Waals surface area contributed by atoms with Crippen molar-refractivity contribution in [2.75, 3.05) is 0 Å². The second kappa shape index (κ2) is 9.37. The Morgan fingerprint density at radius 1 is 0.885 bits per heavy atom. The highest BCUT2D eigenvalue weighted by molar-refractivity contribution is 6.77. The second-order valence-corrected chi connectivity index (χ2v) is 14.5. The van der Waals surface area contributed by atoms with Gasteiger partial charge in [0, 0.05) is 0 Å². The van der Waals surface area contributed by atoms with Crippen molar-refractivity contribution >= 4 is 8.32 Å². The molecule has 1 nitrogen and oxygen atoms in total. The molecule has 1 aromatic rings. The normalized spacial score (nSPS) is 17.9. The van der Waals surface area contributed by atoms with Crippen LogP contribution in [0.5, 0.6) is 0 Å². The van der Waals surface area contributed by atoms with E-state index in [1.165, 1.54) is 43.2 Å². The van der Waals surface area contributed by atoms with Gasteiger partial charge in [0.1, 0.15) is 0 Å². The van der Waals surface area contributed by atoms with Crippen molar-refractivity contribution in [3.63, 3.8) is 0 Å². The SMILES string of the molecule is C=C(C1CCCCC1)C(O[Si](C(C)C)(C(C)C)C(C)C)c1ccccc1. The summed E-state index contributed by atoms with van der Waals surface area (Å²) >= 11 is 0. The second-order valence-electron chi connectivity index (χ2n) is 9.14. The van der Waals surface area contributed by atoms with E-state index in [0.717, 1.165) is 0 Å². The number of benzene rings is 1. The molecule has 0 aromatic heterocycles. The minimum absolute atomic E-state index is 0.0539. The highest BCUT2D eigenvalue weighted by Gasteiger charge is 2.47. The van der Waals surface area contributed by atoms with Crippen molar-refractivity contribution in [2.24, 2.45) is 5.92 Å². The summed E-state index contributed by atoms with van der Waals surface area (Å²) in [4.78, 5) is 0. The highest BCUT2D eigenvalue weighted by atomic mass is 28.4. The summed E-state index contributed by atoms with van der Waals surface area (Å²) in [6.45, 7) is 18.9. The molecule has 146 valence electrons. The standard InChI is InChI=1S/C24H40OSi/c1-18(2)26(19(3)4,20(5)6)25-24(23-16-12-9-13-17-23)21(7)22-14-10-8-11-15-22/h9,12-13,16-20,22,24H,7-8,10-11,14-15H2,1-6H3. The predicted octanol–water partition coefficient (Wildman–Crippen LogP) is 8.06. The van der Waals surface area contributed by atoms with Crippen LogP contribution in [0.4, 0.5) is 0 Å². The molecule has 1 aliphatic carbocycles. The Morgan fingerprint density at radius 3 is 1.85 bits per heavy atom. The molecule has 0 aliphatic heterocycles. The van der Waals surface area contributed by atoms with Gasteiger partial charge in [0.15, 0.2) is 0 Å². The summed E-state index contributed by atoms with van der Waals surface area (Å²) < 4.78 is 7.26. The van der Waals surface area contributed by atoms with Gasteiger partial charge in [-0.1, -0.05) is 97.7 Å². The van der Waals surface area contributed by atoms with Gasteiger partial charge in [0.25, 0.3) is 0 Å². The molecule has 0 spiro atoms. The van der Waals surface area contributed by atoms with Crippen LogP contribution in [0.1, 0.15) is 85.3 Å². The van der Waals surface area contributed by atoms with Crippen molar-refractivity contribution < 1.29 is 4.43 Å². The molecule has 0 heterocycles. The van der Waals surface area contributed by atoms with Gasteiger partial charge in [-0.2, -0.15) is 0 Å². The first kappa shape index (κ1) is 21.4. The topological polar surface area (TPSA) is 9.23 Å². The fourth-order valence-corrected chi connectivity index (χ4v) is 10.8. The van der Waals surface area contributed by atoms with E-state index in [1.807, 2.05) is 0 Å². The van der Waals surface area contributed by atoms with Gasteiger partial charge in [0.05, 0.1) is 6.10 Å². The molecule has 0 bridgehead atoms. The van der Waals surface area contributed by atoms with Gasteiger partial charge >= 0.3 is 0 Å². The van der Waals surface area contributed by atoms with Crippen LogP contribution in [-0.4, -0.2) is 8.32 Å². The minimum atomic E-state index is -1.96. The lowest BCUT2D eigenvalue weighted by molar-refractivity contribution is 0.189. The maximum Gasteiger partial charge on any atom is 0.201 e. The van der Waals surface area contributed by atoms with Gasteiger partial charge in [-0.15, -0.1) is 0 Å². The molecule has 0 amide bonds. The minimum Gasteiger partial charge on any atom is -0.405 e. The van der Waals surface area contributed by atoms with E-state index >= 15 is 0 Å². The molecule has 26 heavy (non-hydrogen) atoms. The van der Waals surface area contributed by atoms with Gasteiger partial charge in [-0.3, -0.25) is 0 Å². The first-order valence-corrected chi connectivity index (χ1v) is 12.9. The molecule has 1 saturated carbocycles. The molecule has 1 unspecified atom stereocenters. The Bertz CT molecular complexity index is 533. The molecule has 2 heteroatoms. The number of rotatable bonds is 8. The Morgan fingerprint density at radius 2 is 1.38 bits per heavy atom. The van der Waals surface area contributed by atoms with Gasteiger partial charge in [0.2, 0.25) is 8.32 Å². The Kier molecular flexibility index (Phi) is 7.72. The molecule has 1 atom stereocenters. The van der Waals surface area contributed by atoms with Crippen LogP contribution in [0.3, 0.4) is 0 Å². The Balaban J connectivity index is 2.41. The van der Waals surface area contributed by atoms with Crippen LogP contribution in [0.25, 0.3) is 0 Å². The molecule has 0 N–H and O–H groups in total. The van der Waals surface area contributed by atoms with E-state index in [2.05, 4.69) is 78.5 Å². The van der Waals surface area contributed by atoms with E-state index in [1.54, 1.807) is 0 Å². The lowest BCUT2D eigenvalue weighted by Gasteiger charge is -2.46. The number of hydrogen-bond acceptors (Lipinski definition) is 1. The molecule has 1 aromatic carbocycles. The lowest BCUT2D eigenvalue weighted by Crippen LogP contribution is -2.49. The van der Waals surface area contributed by atoms with Crippen molar-refractivity contribution in [2.45, 2.75) is 96.4 Å². The average molecular weight is 373 g/mol. The summed E-state index contributed by atoms with van der Waals surface area (Å²) in [6, 6.07) is 10.9. The van der Waals surface area contributed by atoms with E-state index in [-0.39, 0.29) is 6.10 Å². The van der Waals surface area contributed by atoms with Crippen molar-refractivity contribution in [3.05, 3.63) is 48.0 Å². The summed E-state index contributed by atoms with van der Waals surface area (Å²) in [5.41, 5.74) is 4.39. The van der Waals surface area contributed by atoms with E-state index in [4.69, 9.17) is 4.43 Å². The maximum atomic E-state index is 7.26. The highest BCUT2D eigenvalue weighted by Crippen LogP contribution is 2.48. The summed E-state index contributed by atoms with van der Waals surface area (Å²) in [6.07, 6.45) is 6.68. The molecule has 1 aliphatic rings. The van der Waals surface area contributed by atoms with Gasteiger partial charge < -0.3 is 4.43 Å². The third-order valence-electron chi connectivity index (χ3n) is 6.60. The molecule has 0 radical (unpaired) electrons. The largest absolute Gasteiger partial charge is 0.405 e. The van der Waals surface area contributed by atoms with E-state index in [0.29, 0.717) is 22.5 Å². The van der Waals surface area contributed by atoms with Crippen LogP contribution in [0, 0.1) is 5.92 Å². The first-order valence-electron chi connectivity index (χ1n) is 10.7. The van der Waals surface area contributed by atoms with Crippen LogP contribution >= 0.6 is 0 Å². The zero-order chi connectivity index (χ0) is 19.3. The zero-order valence-electron chi connectivity index (χ0n) is 17.9. The first-order chi connectivity index (χ1) is 12.3. The summed E-state index contributed by atoms with van der Waals surface area (Å²) in [5, 5.41) is 0. The van der Waals surface area contributed by atoms with Gasteiger partial charge in [-0.05, 0) is 46.5 Å². The molecule has 1 fully saturated rings. The molecule has 2 rings (SSSR count). The third kappa shape index (κ3) is 4.51. The van der Waals surface area contributed by atoms with E-state index in [9.17, 15) is 0 Å². The molecule has 0 saturated heterocycles. The smallest absolute Gasteiger partial charge is 0.201 e. The monoisotopic (exact) mass is 372 g/mol. The predicted molar refractivity (Wildman–Crippen MR) is 117 cm³/mol. The third-order valence-corrected chi connectivity index (χ3v) is 12.7. The Hall–Kier alpha value is -0.863. The number of hydrogen-bond donors (Lipinski definition) is 0. The van der Waals surface area contributed by atoms with Crippen molar-refractivity contribution in [1.29, 1.82) is 0 Å². The van der Waals surface area contributed by atoms with Crippen LogP contribution in [0.15, 0.2) is 42.5 Å². The Labute approximate surface area is 163 Å². The fourth-order valence-electron chi connectivity index (χ4n) is 5.29. The fraction of sp³-hybridized carbons (Fsp3) is 0.667. The van der Waals surface area contributed by atoms with Crippen LogP contribution in [0.2, 0.25) is 16.6 Å². The molecular formula is C24H40OSi. The lowest BCUT2D eigenvalue weighted by atomic mass is 9.81. The summed E-state index contributed by atoms with van der Waals surface area (Å²) in [7, 11) is -1.96. The van der Waals surface area contributed by atoms with Gasteiger partial charge in [-0.25, -0.2) is 0 Å². The maximum absolute atomic E-state index is 7.26.